The number of fused-ring (bicyclic) bond motifs is 5. The zero-order valence-electron chi connectivity index (χ0n) is 26.4. The highest BCUT2D eigenvalue weighted by Crippen LogP contribution is 2.48. The molecular weight excluding hydrogens is 580 g/mol. The molecule has 242 valence electrons. The second kappa shape index (κ2) is 11.8. The first-order chi connectivity index (χ1) is 21.8. The Morgan fingerprint density at radius 2 is 2.02 bits per heavy atom. The minimum Gasteiger partial charge on any atom is -0.382 e. The lowest BCUT2D eigenvalue weighted by Gasteiger charge is -2.55. The summed E-state index contributed by atoms with van der Waals surface area (Å²) in [4.78, 5) is 25.4. The fourth-order valence-corrected chi connectivity index (χ4v) is 8.30. The third-order valence-electron chi connectivity index (χ3n) is 10.7. The molecule has 0 radical (unpaired) electrons. The largest absolute Gasteiger partial charge is 0.382 e. The molecule has 3 saturated heterocycles. The van der Waals surface area contributed by atoms with E-state index in [0.29, 0.717) is 63.2 Å². The normalized spacial score (nSPS) is 29.7. The Bertz CT molecular complexity index is 1490. The van der Waals surface area contributed by atoms with Gasteiger partial charge in [0.2, 0.25) is 5.91 Å². The topological polar surface area (TPSA) is 79.2 Å². The lowest BCUT2D eigenvalue weighted by Crippen LogP contribution is -2.69. The second-order valence-corrected chi connectivity index (χ2v) is 13.1. The van der Waals surface area contributed by atoms with E-state index in [9.17, 15) is 13.6 Å². The SMILES string of the molecule is C=CC(=O)N1CCN(C2CN3c4cc(N5CCC6(OCC(COC)n7ncc(C)c76)C(C)C5)nc(C(F)F)c4C=CCC23)CC1. The first kappa shape index (κ1) is 30.3. The highest BCUT2D eigenvalue weighted by atomic mass is 19.3. The Hall–Kier alpha value is -3.35. The van der Waals surface area contributed by atoms with Crippen LogP contribution in [0.1, 0.15) is 54.7 Å². The van der Waals surface area contributed by atoms with Crippen molar-refractivity contribution in [2.24, 2.45) is 5.92 Å². The minimum atomic E-state index is -2.68. The Morgan fingerprint density at radius 3 is 2.73 bits per heavy atom. The number of nitrogens with zero attached hydrogens (tertiary/aromatic N) is 7. The number of alkyl halides is 2. The summed E-state index contributed by atoms with van der Waals surface area (Å²) in [6.45, 7) is 13.9. The van der Waals surface area contributed by atoms with Crippen LogP contribution >= 0.6 is 0 Å². The molecule has 7 rings (SSSR count). The van der Waals surface area contributed by atoms with Gasteiger partial charge in [-0.25, -0.2) is 13.8 Å². The van der Waals surface area contributed by atoms with Gasteiger partial charge >= 0.3 is 0 Å². The average Bonchev–Trinajstić information content (AvgIpc) is 3.37. The second-order valence-electron chi connectivity index (χ2n) is 13.1. The number of amides is 1. The molecule has 3 fully saturated rings. The van der Waals surface area contributed by atoms with Crippen LogP contribution in [0, 0.1) is 12.8 Å². The van der Waals surface area contributed by atoms with E-state index >= 15 is 0 Å². The fourth-order valence-electron chi connectivity index (χ4n) is 8.30. The van der Waals surface area contributed by atoms with Gasteiger partial charge < -0.3 is 24.2 Å². The Labute approximate surface area is 263 Å². The number of aromatic nitrogens is 3. The molecule has 2 aromatic heterocycles. The number of carbonyl (C=O) groups excluding carboxylic acids is 1. The number of anilines is 2. The Morgan fingerprint density at radius 1 is 1.22 bits per heavy atom. The summed E-state index contributed by atoms with van der Waals surface area (Å²) in [7, 11) is 1.69. The van der Waals surface area contributed by atoms with Crippen LogP contribution in [0.15, 0.2) is 31.0 Å². The molecule has 0 bridgehead atoms. The number of piperazine rings is 1. The maximum Gasteiger partial charge on any atom is 0.281 e. The van der Waals surface area contributed by atoms with Crippen LogP contribution in [-0.2, 0) is 19.9 Å². The van der Waals surface area contributed by atoms with Crippen molar-refractivity contribution in [3.63, 3.8) is 0 Å². The number of aryl methyl sites for hydroxylation is 1. The van der Waals surface area contributed by atoms with Crippen molar-refractivity contribution in [1.82, 2.24) is 24.6 Å². The third-order valence-corrected chi connectivity index (χ3v) is 10.7. The molecule has 0 aliphatic carbocycles. The summed E-state index contributed by atoms with van der Waals surface area (Å²) in [6, 6.07) is 2.54. The standard InChI is InChI=1S/C33H43F2N7O3/c1-5-29(43)39-13-11-38(12-14-39)27-18-41-25(27)8-6-7-24-26(41)15-28(37-30(24)32(34)35)40-10-9-33(22(3)17-40)31-21(2)16-36-42(31)23(19-44-4)20-45-33/h5-7,15-16,22-23,25,27,32H,1,8-14,17-20H2,2-4H3. The van der Waals surface area contributed by atoms with Crippen LogP contribution in [0.2, 0.25) is 0 Å². The quantitative estimate of drug-likeness (QED) is 0.450. The van der Waals surface area contributed by atoms with Crippen molar-refractivity contribution in [1.29, 1.82) is 0 Å². The van der Waals surface area contributed by atoms with Crippen molar-refractivity contribution in [3.05, 3.63) is 53.5 Å². The molecule has 5 aliphatic rings. The van der Waals surface area contributed by atoms with E-state index in [1.807, 2.05) is 29.3 Å². The summed E-state index contributed by atoms with van der Waals surface area (Å²) in [5.41, 5.74) is 2.90. The van der Waals surface area contributed by atoms with E-state index in [0.717, 1.165) is 43.0 Å². The van der Waals surface area contributed by atoms with Crippen LogP contribution in [0.3, 0.4) is 0 Å². The van der Waals surface area contributed by atoms with E-state index in [1.165, 1.54) is 6.08 Å². The highest BCUT2D eigenvalue weighted by Gasteiger charge is 2.50. The number of piperidine rings is 1. The lowest BCUT2D eigenvalue weighted by molar-refractivity contribution is -0.143. The van der Waals surface area contributed by atoms with Gasteiger partial charge in [-0.05, 0) is 31.4 Å². The van der Waals surface area contributed by atoms with Crippen LogP contribution in [0.5, 0.6) is 0 Å². The smallest absolute Gasteiger partial charge is 0.281 e. The predicted octanol–water partition coefficient (Wildman–Crippen LogP) is 3.79. The maximum atomic E-state index is 14.6. The molecule has 1 spiro atoms. The molecule has 2 aromatic rings. The number of hydrogen-bond acceptors (Lipinski definition) is 8. The van der Waals surface area contributed by atoms with Gasteiger partial charge in [0, 0.05) is 82.6 Å². The number of hydrogen-bond donors (Lipinski definition) is 0. The molecule has 5 atom stereocenters. The van der Waals surface area contributed by atoms with Crippen LogP contribution in [0.4, 0.5) is 20.3 Å². The highest BCUT2D eigenvalue weighted by molar-refractivity contribution is 5.87. The first-order valence-electron chi connectivity index (χ1n) is 16.1. The van der Waals surface area contributed by atoms with Crippen LogP contribution in [0.25, 0.3) is 6.08 Å². The van der Waals surface area contributed by atoms with Gasteiger partial charge in [-0.2, -0.15) is 5.10 Å². The van der Waals surface area contributed by atoms with Crippen molar-refractivity contribution in [2.45, 2.75) is 56.8 Å². The van der Waals surface area contributed by atoms with E-state index in [2.05, 4.69) is 44.8 Å². The van der Waals surface area contributed by atoms with Gasteiger partial charge in [0.15, 0.2) is 0 Å². The Kier molecular flexibility index (Phi) is 7.94. The summed E-state index contributed by atoms with van der Waals surface area (Å²) < 4.78 is 43.4. The molecule has 0 aromatic carbocycles. The molecule has 45 heavy (non-hydrogen) atoms. The average molecular weight is 624 g/mol. The van der Waals surface area contributed by atoms with E-state index in [-0.39, 0.29) is 29.6 Å². The number of ether oxygens (including phenoxy) is 2. The molecule has 0 saturated carbocycles. The van der Waals surface area contributed by atoms with Gasteiger partial charge in [0.25, 0.3) is 6.43 Å². The van der Waals surface area contributed by atoms with Crippen molar-refractivity contribution < 1.29 is 23.0 Å². The van der Waals surface area contributed by atoms with E-state index in [4.69, 9.17) is 14.6 Å². The maximum absolute atomic E-state index is 14.6. The van der Waals surface area contributed by atoms with Crippen LogP contribution in [-0.4, -0.2) is 109 Å². The zero-order chi connectivity index (χ0) is 31.5. The first-order valence-corrected chi connectivity index (χ1v) is 16.1. The summed E-state index contributed by atoms with van der Waals surface area (Å²) >= 11 is 0. The Balaban J connectivity index is 1.13. The van der Waals surface area contributed by atoms with Gasteiger partial charge in [0.05, 0.1) is 36.8 Å². The van der Waals surface area contributed by atoms with E-state index < -0.39 is 12.0 Å². The van der Waals surface area contributed by atoms with E-state index in [1.54, 1.807) is 7.11 Å². The molecule has 10 nitrogen and oxygen atoms in total. The predicted molar refractivity (Wildman–Crippen MR) is 168 cm³/mol. The number of halogens is 2. The molecular formula is C33H43F2N7O3. The van der Waals surface area contributed by atoms with Gasteiger partial charge in [0.1, 0.15) is 17.1 Å². The monoisotopic (exact) mass is 623 g/mol. The molecule has 5 aliphatic heterocycles. The van der Waals surface area contributed by atoms with Gasteiger partial charge in [-0.15, -0.1) is 0 Å². The summed E-state index contributed by atoms with van der Waals surface area (Å²) in [5, 5.41) is 4.69. The summed E-state index contributed by atoms with van der Waals surface area (Å²) in [6.07, 6.45) is 5.95. The number of rotatable bonds is 6. The summed E-state index contributed by atoms with van der Waals surface area (Å²) in [5.74, 6) is 0.644. The van der Waals surface area contributed by atoms with Gasteiger partial charge in [-0.1, -0.05) is 25.7 Å². The number of carbonyl (C=O) groups is 1. The molecule has 0 N–H and O–H groups in total. The minimum absolute atomic E-state index is 0.0225. The number of methoxy groups -OCH3 is 1. The third kappa shape index (κ3) is 4.96. The lowest BCUT2D eigenvalue weighted by atomic mass is 9.77. The molecule has 5 unspecified atom stereocenters. The molecule has 1 amide bonds. The fraction of sp³-hybridized carbons (Fsp3) is 0.606. The molecule has 12 heteroatoms. The zero-order valence-corrected chi connectivity index (χ0v) is 26.4. The van der Waals surface area contributed by atoms with Crippen molar-refractivity contribution in [3.8, 4) is 0 Å². The van der Waals surface area contributed by atoms with Gasteiger partial charge in [-0.3, -0.25) is 14.4 Å². The molecule has 7 heterocycles. The number of pyridine rings is 1. The van der Waals surface area contributed by atoms with Crippen molar-refractivity contribution in [2.75, 3.05) is 75.9 Å². The van der Waals surface area contributed by atoms with Crippen molar-refractivity contribution >= 4 is 23.5 Å². The van der Waals surface area contributed by atoms with Crippen LogP contribution < -0.4 is 9.80 Å².